The second kappa shape index (κ2) is 7.13. The second-order valence-electron chi connectivity index (χ2n) is 2.72. The molecule has 0 aromatic heterocycles. The van der Waals surface area contributed by atoms with Crippen LogP contribution in [0.25, 0.3) is 0 Å². The van der Waals surface area contributed by atoms with Gasteiger partial charge in [0.05, 0.1) is 0 Å². The van der Waals surface area contributed by atoms with E-state index in [9.17, 15) is 4.79 Å². The molecule has 14 heavy (non-hydrogen) atoms. The van der Waals surface area contributed by atoms with Crippen molar-refractivity contribution < 1.29 is 4.79 Å². The summed E-state index contributed by atoms with van der Waals surface area (Å²) in [4.78, 5) is 11.0. The number of para-hydroxylation sites is 1. The van der Waals surface area contributed by atoms with Crippen molar-refractivity contribution in [3.63, 3.8) is 0 Å². The van der Waals surface area contributed by atoms with Crippen molar-refractivity contribution in [3.8, 4) is 0 Å². The minimum Gasteiger partial charge on any atom is -0.326 e. The Labute approximate surface area is 86.3 Å². The van der Waals surface area contributed by atoms with Crippen molar-refractivity contribution in [3.05, 3.63) is 29.8 Å². The molecule has 0 heterocycles. The third-order valence-corrected chi connectivity index (χ3v) is 1.74. The number of hydrogen-bond donors (Lipinski definition) is 1. The number of nitrogens with one attached hydrogen (secondary N) is 1. The Bertz CT molecular complexity index is 281. The molecule has 2 heteroatoms. The largest absolute Gasteiger partial charge is 0.326 e. The second-order valence-corrected chi connectivity index (χ2v) is 2.72. The topological polar surface area (TPSA) is 29.1 Å². The SMILES string of the molecule is CC.CCC(=O)Nc1ccccc1C. The summed E-state index contributed by atoms with van der Waals surface area (Å²) in [7, 11) is 0. The maximum atomic E-state index is 11.0. The summed E-state index contributed by atoms with van der Waals surface area (Å²) in [6, 6.07) is 7.75. The van der Waals surface area contributed by atoms with Gasteiger partial charge in [0.15, 0.2) is 0 Å². The molecule has 2 nitrogen and oxygen atoms in total. The monoisotopic (exact) mass is 193 g/mol. The molecule has 1 aromatic carbocycles. The highest BCUT2D eigenvalue weighted by Crippen LogP contribution is 2.12. The van der Waals surface area contributed by atoms with Gasteiger partial charge in [-0.05, 0) is 18.6 Å². The number of carbonyl (C=O) groups excluding carboxylic acids is 1. The van der Waals surface area contributed by atoms with E-state index in [1.165, 1.54) is 0 Å². The van der Waals surface area contributed by atoms with Gasteiger partial charge in [0.2, 0.25) is 5.91 Å². The average molecular weight is 193 g/mol. The Kier molecular flexibility index (Phi) is 6.46. The number of carbonyl (C=O) groups is 1. The molecule has 1 N–H and O–H groups in total. The highest BCUT2D eigenvalue weighted by atomic mass is 16.1. The van der Waals surface area contributed by atoms with E-state index in [2.05, 4.69) is 5.32 Å². The molecule has 1 amide bonds. The van der Waals surface area contributed by atoms with Crippen LogP contribution in [-0.4, -0.2) is 5.91 Å². The number of amides is 1. The van der Waals surface area contributed by atoms with Crippen molar-refractivity contribution in [2.75, 3.05) is 5.32 Å². The summed E-state index contributed by atoms with van der Waals surface area (Å²) in [5, 5.41) is 2.82. The molecule has 0 saturated heterocycles. The minimum atomic E-state index is 0.0595. The van der Waals surface area contributed by atoms with E-state index < -0.39 is 0 Å². The van der Waals surface area contributed by atoms with Gasteiger partial charge < -0.3 is 5.32 Å². The Morgan fingerprint density at radius 1 is 1.29 bits per heavy atom. The molecular weight excluding hydrogens is 174 g/mol. The average Bonchev–Trinajstić information content (AvgIpc) is 2.24. The Morgan fingerprint density at radius 2 is 1.86 bits per heavy atom. The van der Waals surface area contributed by atoms with E-state index in [1.807, 2.05) is 52.0 Å². The molecule has 0 bridgehead atoms. The maximum absolute atomic E-state index is 11.0. The zero-order chi connectivity index (χ0) is 11.0. The first-order chi connectivity index (χ1) is 6.74. The van der Waals surface area contributed by atoms with E-state index in [0.717, 1.165) is 11.3 Å². The summed E-state index contributed by atoms with van der Waals surface area (Å²) in [6.07, 6.45) is 0.522. The molecule has 0 aliphatic heterocycles. The molecule has 0 atom stereocenters. The summed E-state index contributed by atoms with van der Waals surface area (Å²) < 4.78 is 0. The van der Waals surface area contributed by atoms with Gasteiger partial charge >= 0.3 is 0 Å². The predicted molar refractivity (Wildman–Crippen MR) is 61.4 cm³/mol. The summed E-state index contributed by atoms with van der Waals surface area (Å²) >= 11 is 0. The first-order valence-corrected chi connectivity index (χ1v) is 5.09. The van der Waals surface area contributed by atoms with E-state index >= 15 is 0 Å². The Balaban J connectivity index is 0.000000791. The standard InChI is InChI=1S/C10H13NO.C2H6/c1-3-10(12)11-9-7-5-4-6-8(9)2;1-2/h4-7H,3H2,1-2H3,(H,11,12);1-2H3. The first-order valence-electron chi connectivity index (χ1n) is 5.09. The third-order valence-electron chi connectivity index (χ3n) is 1.74. The maximum Gasteiger partial charge on any atom is 0.224 e. The highest BCUT2D eigenvalue weighted by molar-refractivity contribution is 5.91. The van der Waals surface area contributed by atoms with E-state index in [1.54, 1.807) is 0 Å². The van der Waals surface area contributed by atoms with Crippen molar-refractivity contribution in [1.29, 1.82) is 0 Å². The molecule has 1 aromatic rings. The fraction of sp³-hybridized carbons (Fsp3) is 0.417. The zero-order valence-electron chi connectivity index (χ0n) is 9.42. The van der Waals surface area contributed by atoms with Crippen molar-refractivity contribution in [2.24, 2.45) is 0 Å². The fourth-order valence-corrected chi connectivity index (χ4v) is 0.952. The predicted octanol–water partition coefficient (Wildman–Crippen LogP) is 3.37. The molecular formula is C12H19NO. The van der Waals surface area contributed by atoms with Crippen LogP contribution in [0, 0.1) is 6.92 Å². The molecule has 0 aliphatic rings. The van der Waals surface area contributed by atoms with Gasteiger partial charge in [0, 0.05) is 12.1 Å². The van der Waals surface area contributed by atoms with Crippen LogP contribution in [0.15, 0.2) is 24.3 Å². The van der Waals surface area contributed by atoms with E-state index in [4.69, 9.17) is 0 Å². The van der Waals surface area contributed by atoms with Crippen LogP contribution in [0.2, 0.25) is 0 Å². The lowest BCUT2D eigenvalue weighted by molar-refractivity contribution is -0.115. The molecule has 0 radical (unpaired) electrons. The first kappa shape index (κ1) is 12.7. The number of aryl methyl sites for hydroxylation is 1. The van der Waals surface area contributed by atoms with Gasteiger partial charge in [-0.25, -0.2) is 0 Å². The lowest BCUT2D eigenvalue weighted by atomic mass is 10.2. The third kappa shape index (κ3) is 4.08. The molecule has 0 saturated carbocycles. The van der Waals surface area contributed by atoms with E-state index in [-0.39, 0.29) is 5.91 Å². The zero-order valence-corrected chi connectivity index (χ0v) is 9.42. The van der Waals surface area contributed by atoms with Gasteiger partial charge in [-0.2, -0.15) is 0 Å². The number of hydrogen-bond acceptors (Lipinski definition) is 1. The van der Waals surface area contributed by atoms with Gasteiger partial charge in [-0.1, -0.05) is 39.0 Å². The van der Waals surface area contributed by atoms with Crippen LogP contribution < -0.4 is 5.32 Å². The van der Waals surface area contributed by atoms with Crippen LogP contribution >= 0.6 is 0 Å². The van der Waals surface area contributed by atoms with Crippen LogP contribution in [-0.2, 0) is 4.79 Å². The number of anilines is 1. The van der Waals surface area contributed by atoms with Gasteiger partial charge in [0.25, 0.3) is 0 Å². The lowest BCUT2D eigenvalue weighted by Gasteiger charge is -2.05. The van der Waals surface area contributed by atoms with Crippen LogP contribution in [0.1, 0.15) is 32.8 Å². The van der Waals surface area contributed by atoms with Crippen LogP contribution in [0.3, 0.4) is 0 Å². The molecule has 0 fully saturated rings. The summed E-state index contributed by atoms with van der Waals surface area (Å²) in [6.45, 7) is 7.82. The lowest BCUT2D eigenvalue weighted by Crippen LogP contribution is -2.10. The normalized spacial score (nSPS) is 8.57. The van der Waals surface area contributed by atoms with Gasteiger partial charge in [0.1, 0.15) is 0 Å². The summed E-state index contributed by atoms with van der Waals surface area (Å²) in [5.74, 6) is 0.0595. The van der Waals surface area contributed by atoms with Crippen molar-refractivity contribution >= 4 is 11.6 Å². The van der Waals surface area contributed by atoms with Crippen LogP contribution in [0.5, 0.6) is 0 Å². The van der Waals surface area contributed by atoms with Gasteiger partial charge in [-0.15, -0.1) is 0 Å². The molecule has 1 rings (SSSR count). The van der Waals surface area contributed by atoms with Crippen molar-refractivity contribution in [2.45, 2.75) is 34.1 Å². The quantitative estimate of drug-likeness (QED) is 0.766. The molecule has 0 spiro atoms. The molecule has 78 valence electrons. The Morgan fingerprint density at radius 3 is 2.36 bits per heavy atom. The van der Waals surface area contributed by atoms with E-state index in [0.29, 0.717) is 6.42 Å². The number of rotatable bonds is 2. The fourth-order valence-electron chi connectivity index (χ4n) is 0.952. The van der Waals surface area contributed by atoms with Crippen LogP contribution in [0.4, 0.5) is 5.69 Å². The summed E-state index contributed by atoms with van der Waals surface area (Å²) in [5.41, 5.74) is 2.00. The smallest absolute Gasteiger partial charge is 0.224 e. The van der Waals surface area contributed by atoms with Gasteiger partial charge in [-0.3, -0.25) is 4.79 Å². The van der Waals surface area contributed by atoms with Crippen molar-refractivity contribution in [1.82, 2.24) is 0 Å². The molecule has 0 aliphatic carbocycles. The number of benzene rings is 1. The highest BCUT2D eigenvalue weighted by Gasteiger charge is 1.99. The molecule has 0 unspecified atom stereocenters. The minimum absolute atomic E-state index is 0.0595. The Hall–Kier alpha value is -1.31.